The molecule has 18 heavy (non-hydrogen) atoms. The number of carbonyl (C=O) groups is 1. The predicted octanol–water partition coefficient (Wildman–Crippen LogP) is 1.62. The molecule has 0 spiro atoms. The first-order valence-electron chi connectivity index (χ1n) is 5.88. The number of amides is 1. The van der Waals surface area contributed by atoms with E-state index < -0.39 is 0 Å². The highest BCUT2D eigenvalue weighted by Crippen LogP contribution is 2.25. The van der Waals surface area contributed by atoms with Crippen LogP contribution in [0.4, 0.5) is 4.39 Å². The molecule has 1 aromatic carbocycles. The Morgan fingerprint density at radius 1 is 1.44 bits per heavy atom. The quantitative estimate of drug-likeness (QED) is 0.811. The molecule has 0 bridgehead atoms. The molecule has 0 saturated heterocycles. The van der Waals surface area contributed by atoms with Crippen molar-refractivity contribution >= 4 is 5.91 Å². The van der Waals surface area contributed by atoms with Gasteiger partial charge in [0.1, 0.15) is 11.6 Å². The van der Waals surface area contributed by atoms with Crippen molar-refractivity contribution in [2.75, 3.05) is 20.7 Å². The third kappa shape index (κ3) is 4.00. The van der Waals surface area contributed by atoms with E-state index in [-0.39, 0.29) is 30.8 Å². The minimum Gasteiger partial charge on any atom is -0.493 e. The molecular formula is C13H19FN2O2. The SMILES string of the molecule is CNC(=O)CCOc1ccc(F)cc1C(C)NC. The number of nitrogens with one attached hydrogen (secondary N) is 2. The van der Waals surface area contributed by atoms with Gasteiger partial charge in [0, 0.05) is 18.7 Å². The zero-order chi connectivity index (χ0) is 13.5. The fraction of sp³-hybridized carbons (Fsp3) is 0.462. The van der Waals surface area contributed by atoms with Crippen LogP contribution < -0.4 is 15.4 Å². The lowest BCUT2D eigenvalue weighted by molar-refractivity contribution is -0.121. The molecule has 0 aromatic heterocycles. The molecule has 0 fully saturated rings. The van der Waals surface area contributed by atoms with Gasteiger partial charge in [0.2, 0.25) is 5.91 Å². The maximum absolute atomic E-state index is 13.2. The minimum atomic E-state index is -0.300. The van der Waals surface area contributed by atoms with Gasteiger partial charge < -0.3 is 15.4 Å². The summed E-state index contributed by atoms with van der Waals surface area (Å²) >= 11 is 0. The third-order valence-corrected chi connectivity index (χ3v) is 2.74. The van der Waals surface area contributed by atoms with Gasteiger partial charge in [0.05, 0.1) is 13.0 Å². The molecule has 0 aliphatic carbocycles. The van der Waals surface area contributed by atoms with E-state index in [0.717, 1.165) is 5.56 Å². The fourth-order valence-electron chi connectivity index (χ4n) is 1.52. The molecule has 1 aromatic rings. The molecule has 0 saturated carbocycles. The standard InChI is InChI=1S/C13H19FN2O2/c1-9(15-2)11-8-10(14)4-5-12(11)18-7-6-13(17)16-3/h4-5,8-9,15H,6-7H2,1-3H3,(H,16,17). The van der Waals surface area contributed by atoms with Crippen molar-refractivity contribution in [3.05, 3.63) is 29.6 Å². The number of hydrogen-bond donors (Lipinski definition) is 2. The summed E-state index contributed by atoms with van der Waals surface area (Å²) in [4.78, 5) is 11.1. The monoisotopic (exact) mass is 254 g/mol. The molecule has 0 heterocycles. The average molecular weight is 254 g/mol. The molecule has 4 nitrogen and oxygen atoms in total. The predicted molar refractivity (Wildman–Crippen MR) is 68.1 cm³/mol. The first-order chi connectivity index (χ1) is 8.58. The van der Waals surface area contributed by atoms with Crippen LogP contribution in [0.25, 0.3) is 0 Å². The van der Waals surface area contributed by atoms with E-state index in [4.69, 9.17) is 4.74 Å². The van der Waals surface area contributed by atoms with Crippen LogP contribution in [0.2, 0.25) is 0 Å². The molecule has 1 amide bonds. The van der Waals surface area contributed by atoms with Gasteiger partial charge in [-0.25, -0.2) is 4.39 Å². The van der Waals surface area contributed by atoms with Crippen LogP contribution in [0.3, 0.4) is 0 Å². The van der Waals surface area contributed by atoms with Crippen molar-refractivity contribution in [1.29, 1.82) is 0 Å². The van der Waals surface area contributed by atoms with Gasteiger partial charge in [-0.15, -0.1) is 0 Å². The van der Waals surface area contributed by atoms with E-state index >= 15 is 0 Å². The minimum absolute atomic E-state index is 0.0179. The van der Waals surface area contributed by atoms with Gasteiger partial charge in [-0.2, -0.15) is 0 Å². The Labute approximate surface area is 107 Å². The highest BCUT2D eigenvalue weighted by Gasteiger charge is 2.11. The van der Waals surface area contributed by atoms with Gasteiger partial charge in [-0.3, -0.25) is 4.79 Å². The summed E-state index contributed by atoms with van der Waals surface area (Å²) in [5, 5.41) is 5.55. The van der Waals surface area contributed by atoms with E-state index in [0.29, 0.717) is 5.75 Å². The van der Waals surface area contributed by atoms with Crippen LogP contribution in [0, 0.1) is 5.82 Å². The Balaban J connectivity index is 2.72. The summed E-state index contributed by atoms with van der Waals surface area (Å²) in [7, 11) is 3.37. The largest absolute Gasteiger partial charge is 0.493 e. The van der Waals surface area contributed by atoms with Crippen LogP contribution in [0.1, 0.15) is 24.9 Å². The van der Waals surface area contributed by atoms with Crippen LogP contribution in [0.5, 0.6) is 5.75 Å². The van der Waals surface area contributed by atoms with Crippen molar-refractivity contribution in [2.45, 2.75) is 19.4 Å². The van der Waals surface area contributed by atoms with Gasteiger partial charge in [0.25, 0.3) is 0 Å². The van der Waals surface area contributed by atoms with Crippen molar-refractivity contribution in [2.24, 2.45) is 0 Å². The van der Waals surface area contributed by atoms with Gasteiger partial charge in [0.15, 0.2) is 0 Å². The summed E-state index contributed by atoms with van der Waals surface area (Å²) in [6, 6.07) is 4.36. The molecule has 0 aliphatic rings. The lowest BCUT2D eigenvalue weighted by Crippen LogP contribution is -2.20. The summed E-state index contributed by atoms with van der Waals surface area (Å²) in [6.07, 6.45) is 0.279. The third-order valence-electron chi connectivity index (χ3n) is 2.74. The number of rotatable bonds is 6. The number of benzene rings is 1. The molecule has 1 rings (SSSR count). The number of hydrogen-bond acceptors (Lipinski definition) is 3. The number of halogens is 1. The molecule has 1 atom stereocenters. The van der Waals surface area contributed by atoms with E-state index in [1.165, 1.54) is 12.1 Å². The number of carbonyl (C=O) groups excluding carboxylic acids is 1. The summed E-state index contributed by atoms with van der Waals surface area (Å²) in [5.74, 6) is 0.216. The smallest absolute Gasteiger partial charge is 0.223 e. The van der Waals surface area contributed by atoms with Crippen LogP contribution in [-0.2, 0) is 4.79 Å². The second-order valence-corrected chi connectivity index (χ2v) is 3.96. The first-order valence-corrected chi connectivity index (χ1v) is 5.88. The second kappa shape index (κ2) is 6.96. The van der Waals surface area contributed by atoms with Crippen molar-refractivity contribution in [3.8, 4) is 5.75 Å². The van der Waals surface area contributed by atoms with E-state index in [1.54, 1.807) is 20.2 Å². The fourth-order valence-corrected chi connectivity index (χ4v) is 1.52. The maximum Gasteiger partial charge on any atom is 0.223 e. The van der Waals surface area contributed by atoms with Gasteiger partial charge in [-0.05, 0) is 32.2 Å². The number of ether oxygens (including phenoxy) is 1. The highest BCUT2D eigenvalue weighted by atomic mass is 19.1. The van der Waals surface area contributed by atoms with Crippen LogP contribution in [0.15, 0.2) is 18.2 Å². The molecule has 100 valence electrons. The van der Waals surface area contributed by atoms with Gasteiger partial charge in [-0.1, -0.05) is 0 Å². The maximum atomic E-state index is 13.2. The lowest BCUT2D eigenvalue weighted by Gasteiger charge is -2.16. The van der Waals surface area contributed by atoms with E-state index in [2.05, 4.69) is 10.6 Å². The van der Waals surface area contributed by atoms with Crippen LogP contribution in [-0.4, -0.2) is 26.6 Å². The molecule has 1 unspecified atom stereocenters. The lowest BCUT2D eigenvalue weighted by atomic mass is 10.1. The van der Waals surface area contributed by atoms with Crippen LogP contribution >= 0.6 is 0 Å². The van der Waals surface area contributed by atoms with Crippen molar-refractivity contribution in [3.63, 3.8) is 0 Å². The molecule has 0 aliphatic heterocycles. The average Bonchev–Trinajstić information content (AvgIpc) is 2.39. The zero-order valence-electron chi connectivity index (χ0n) is 10.9. The zero-order valence-corrected chi connectivity index (χ0v) is 10.9. The molecule has 0 radical (unpaired) electrons. The van der Waals surface area contributed by atoms with Crippen molar-refractivity contribution < 1.29 is 13.9 Å². The highest BCUT2D eigenvalue weighted by molar-refractivity contribution is 5.75. The summed E-state index contributed by atoms with van der Waals surface area (Å²) in [6.45, 7) is 2.19. The Hall–Kier alpha value is -1.62. The summed E-state index contributed by atoms with van der Waals surface area (Å²) < 4.78 is 18.7. The molecular weight excluding hydrogens is 235 g/mol. The Kier molecular flexibility index (Phi) is 5.58. The topological polar surface area (TPSA) is 50.4 Å². The van der Waals surface area contributed by atoms with Crippen molar-refractivity contribution in [1.82, 2.24) is 10.6 Å². The molecule has 2 N–H and O–H groups in total. The molecule has 5 heteroatoms. The van der Waals surface area contributed by atoms with Gasteiger partial charge >= 0.3 is 0 Å². The first kappa shape index (κ1) is 14.4. The summed E-state index contributed by atoms with van der Waals surface area (Å²) in [5.41, 5.74) is 0.745. The normalized spacial score (nSPS) is 12.0. The Morgan fingerprint density at radius 2 is 2.17 bits per heavy atom. The Morgan fingerprint density at radius 3 is 2.78 bits per heavy atom. The van der Waals surface area contributed by atoms with E-state index in [1.807, 2.05) is 6.92 Å². The second-order valence-electron chi connectivity index (χ2n) is 3.96. The van der Waals surface area contributed by atoms with E-state index in [9.17, 15) is 9.18 Å². The Bertz CT molecular complexity index is 410.